The molecule has 2 aliphatic rings. The average Bonchev–Trinajstić information content (AvgIpc) is 3.53. The van der Waals surface area contributed by atoms with Crippen molar-refractivity contribution < 1.29 is 19.4 Å². The molecule has 2 bridgehead atoms. The van der Waals surface area contributed by atoms with Crippen molar-refractivity contribution in [3.8, 4) is 0 Å². The van der Waals surface area contributed by atoms with Gasteiger partial charge in [-0.25, -0.2) is 0 Å². The third-order valence-corrected chi connectivity index (χ3v) is 6.65. The van der Waals surface area contributed by atoms with Crippen LogP contribution in [0.25, 0.3) is 0 Å². The predicted molar refractivity (Wildman–Crippen MR) is 141 cm³/mol. The number of nitrogens with one attached hydrogen (secondary N) is 4. The molecule has 7 N–H and O–H groups in total. The highest BCUT2D eigenvalue weighted by Gasteiger charge is 2.39. The number of carbonyl (C=O) groups is 1. The highest BCUT2D eigenvalue weighted by Crippen LogP contribution is 2.45. The molecule has 202 valence electrons. The number of aliphatic hydroxyl groups excluding tert-OH is 1. The van der Waals surface area contributed by atoms with E-state index >= 15 is 0 Å². The maximum atomic E-state index is 12.4. The molecule has 12 nitrogen and oxygen atoms in total. The summed E-state index contributed by atoms with van der Waals surface area (Å²) >= 11 is 0. The summed E-state index contributed by atoms with van der Waals surface area (Å²) in [5, 5.41) is 21.7. The zero-order valence-corrected chi connectivity index (χ0v) is 21.1. The summed E-state index contributed by atoms with van der Waals surface area (Å²) in [6.07, 6.45) is 5.01. The van der Waals surface area contributed by atoms with E-state index in [1.54, 1.807) is 24.3 Å². The minimum atomic E-state index is -0.178. The summed E-state index contributed by atoms with van der Waals surface area (Å²) < 4.78 is 10.6. The van der Waals surface area contributed by atoms with E-state index in [1.807, 2.05) is 0 Å². The molecule has 2 aliphatic carbocycles. The SMILES string of the molecule is NCCOCCOCCNC(=O)c1ccc(Nc2nc(NCCO)nc(NC3CC4CCC3C4)n2)cc1. The molecule has 3 unspecified atom stereocenters. The number of fused-ring (bicyclic) bond motifs is 2. The summed E-state index contributed by atoms with van der Waals surface area (Å²) in [5.41, 5.74) is 6.63. The van der Waals surface area contributed by atoms with Gasteiger partial charge in [0.15, 0.2) is 0 Å². The Balaban J connectivity index is 1.29. The number of amides is 1. The predicted octanol–water partition coefficient (Wildman–Crippen LogP) is 1.34. The fraction of sp³-hybridized carbons (Fsp3) is 0.600. The monoisotopic (exact) mass is 514 g/mol. The minimum absolute atomic E-state index is 0.0254. The lowest BCUT2D eigenvalue weighted by atomic mass is 9.95. The number of carbonyl (C=O) groups excluding carboxylic acids is 1. The summed E-state index contributed by atoms with van der Waals surface area (Å²) in [6, 6.07) is 7.45. The van der Waals surface area contributed by atoms with E-state index in [1.165, 1.54) is 19.3 Å². The third-order valence-electron chi connectivity index (χ3n) is 6.65. The fourth-order valence-electron chi connectivity index (χ4n) is 4.91. The molecule has 0 spiro atoms. The van der Waals surface area contributed by atoms with Gasteiger partial charge >= 0.3 is 0 Å². The van der Waals surface area contributed by atoms with Crippen LogP contribution in [-0.4, -0.2) is 84.7 Å². The van der Waals surface area contributed by atoms with Gasteiger partial charge in [0.25, 0.3) is 5.91 Å². The van der Waals surface area contributed by atoms with Gasteiger partial charge in [-0.05, 0) is 55.4 Å². The standard InChI is InChI=1S/C25H38N8O4/c26-7-11-36-13-14-37-12-9-27-22(35)18-3-5-20(6-4-18)29-24-31-23(28-8-10-34)32-25(33-24)30-21-16-17-1-2-19(21)15-17/h3-6,17,19,21,34H,1-2,7-16,26H2,(H,27,35)(H3,28,29,30,31,32,33). The Hall–Kier alpha value is -3.06. The number of aliphatic hydroxyl groups is 1. The molecule has 2 saturated carbocycles. The van der Waals surface area contributed by atoms with E-state index < -0.39 is 0 Å². The molecule has 2 fully saturated rings. The van der Waals surface area contributed by atoms with Gasteiger partial charge in [0, 0.05) is 36.9 Å². The van der Waals surface area contributed by atoms with Gasteiger partial charge in [0.1, 0.15) is 0 Å². The van der Waals surface area contributed by atoms with Gasteiger partial charge in [0.05, 0.1) is 33.0 Å². The fourth-order valence-corrected chi connectivity index (χ4v) is 4.91. The molecule has 0 saturated heterocycles. The van der Waals surface area contributed by atoms with Crippen LogP contribution in [0.3, 0.4) is 0 Å². The number of hydrogen-bond donors (Lipinski definition) is 6. The van der Waals surface area contributed by atoms with Crippen molar-refractivity contribution in [2.45, 2.75) is 31.7 Å². The molecular formula is C25H38N8O4. The first kappa shape index (κ1) is 27.0. The van der Waals surface area contributed by atoms with Crippen LogP contribution in [0.5, 0.6) is 0 Å². The lowest BCUT2D eigenvalue weighted by molar-refractivity contribution is 0.0511. The first-order chi connectivity index (χ1) is 18.1. The van der Waals surface area contributed by atoms with Crippen molar-refractivity contribution in [2.24, 2.45) is 17.6 Å². The molecule has 2 aromatic rings. The van der Waals surface area contributed by atoms with Crippen molar-refractivity contribution in [1.82, 2.24) is 20.3 Å². The zero-order chi connectivity index (χ0) is 25.9. The van der Waals surface area contributed by atoms with Crippen LogP contribution in [0, 0.1) is 11.8 Å². The number of aromatic nitrogens is 3. The first-order valence-corrected chi connectivity index (χ1v) is 13.0. The van der Waals surface area contributed by atoms with Gasteiger partial charge in [-0.15, -0.1) is 0 Å². The Morgan fingerprint density at radius 3 is 2.41 bits per heavy atom. The Labute approximate surface area is 217 Å². The van der Waals surface area contributed by atoms with Crippen LogP contribution in [0.4, 0.5) is 23.5 Å². The summed E-state index contributed by atoms with van der Waals surface area (Å²) in [6.45, 7) is 3.07. The van der Waals surface area contributed by atoms with E-state index in [0.717, 1.165) is 18.0 Å². The number of nitrogens with two attached hydrogens (primary N) is 1. The van der Waals surface area contributed by atoms with Gasteiger partial charge in [0.2, 0.25) is 17.8 Å². The Bertz CT molecular complexity index is 993. The van der Waals surface area contributed by atoms with Crippen LogP contribution in [0.15, 0.2) is 24.3 Å². The number of hydrogen-bond acceptors (Lipinski definition) is 11. The first-order valence-electron chi connectivity index (χ1n) is 13.0. The highest BCUT2D eigenvalue weighted by molar-refractivity contribution is 5.94. The molecule has 37 heavy (non-hydrogen) atoms. The summed E-state index contributed by atoms with van der Waals surface area (Å²) in [7, 11) is 0. The smallest absolute Gasteiger partial charge is 0.251 e. The maximum absolute atomic E-state index is 12.4. The van der Waals surface area contributed by atoms with Gasteiger partial charge in [-0.3, -0.25) is 4.79 Å². The van der Waals surface area contributed by atoms with E-state index in [4.69, 9.17) is 15.2 Å². The van der Waals surface area contributed by atoms with Gasteiger partial charge in [-0.1, -0.05) is 6.42 Å². The van der Waals surface area contributed by atoms with Crippen molar-refractivity contribution in [1.29, 1.82) is 0 Å². The molecule has 12 heteroatoms. The van der Waals surface area contributed by atoms with Crippen LogP contribution < -0.4 is 27.0 Å². The number of benzene rings is 1. The Kier molecular flexibility index (Phi) is 10.2. The largest absolute Gasteiger partial charge is 0.395 e. The third kappa shape index (κ3) is 8.22. The molecule has 3 atom stereocenters. The second-order valence-corrected chi connectivity index (χ2v) is 9.35. The molecule has 1 aromatic carbocycles. The lowest BCUT2D eigenvalue weighted by Gasteiger charge is -2.23. The molecule has 1 aromatic heterocycles. The van der Waals surface area contributed by atoms with E-state index in [0.29, 0.717) is 81.4 Å². The number of nitrogens with zero attached hydrogens (tertiary/aromatic N) is 3. The second kappa shape index (κ2) is 14.0. The summed E-state index contributed by atoms with van der Waals surface area (Å²) in [5.74, 6) is 2.58. The number of ether oxygens (including phenoxy) is 2. The molecule has 1 amide bonds. The van der Waals surface area contributed by atoms with Crippen LogP contribution in [0.1, 0.15) is 36.0 Å². The van der Waals surface area contributed by atoms with Crippen molar-refractivity contribution in [3.63, 3.8) is 0 Å². The van der Waals surface area contributed by atoms with Crippen molar-refractivity contribution >= 4 is 29.4 Å². The van der Waals surface area contributed by atoms with E-state index in [2.05, 4.69) is 36.2 Å². The zero-order valence-electron chi connectivity index (χ0n) is 21.1. The quantitative estimate of drug-likeness (QED) is 0.179. The number of anilines is 4. The van der Waals surface area contributed by atoms with Crippen LogP contribution in [-0.2, 0) is 9.47 Å². The van der Waals surface area contributed by atoms with E-state index in [-0.39, 0.29) is 12.5 Å². The normalized spacial score (nSPS) is 20.1. The molecular weight excluding hydrogens is 476 g/mol. The highest BCUT2D eigenvalue weighted by atomic mass is 16.5. The molecule has 0 aliphatic heterocycles. The van der Waals surface area contributed by atoms with Crippen LogP contribution in [0.2, 0.25) is 0 Å². The van der Waals surface area contributed by atoms with Crippen molar-refractivity contribution in [3.05, 3.63) is 29.8 Å². The average molecular weight is 515 g/mol. The van der Waals surface area contributed by atoms with Crippen molar-refractivity contribution in [2.75, 3.05) is 68.6 Å². The Morgan fingerprint density at radius 2 is 1.70 bits per heavy atom. The molecule has 1 heterocycles. The maximum Gasteiger partial charge on any atom is 0.251 e. The minimum Gasteiger partial charge on any atom is -0.395 e. The molecule has 0 radical (unpaired) electrons. The van der Waals surface area contributed by atoms with Crippen LogP contribution >= 0.6 is 0 Å². The summed E-state index contributed by atoms with van der Waals surface area (Å²) in [4.78, 5) is 25.9. The molecule has 4 rings (SSSR count). The topological polar surface area (TPSA) is 169 Å². The second-order valence-electron chi connectivity index (χ2n) is 9.35. The number of rotatable bonds is 16. The van der Waals surface area contributed by atoms with E-state index in [9.17, 15) is 9.90 Å². The Morgan fingerprint density at radius 1 is 0.946 bits per heavy atom. The van der Waals surface area contributed by atoms with Gasteiger partial charge < -0.3 is 41.6 Å². The lowest BCUT2D eigenvalue weighted by Crippen LogP contribution is -2.27. The van der Waals surface area contributed by atoms with Gasteiger partial charge in [-0.2, -0.15) is 15.0 Å².